The predicted molar refractivity (Wildman–Crippen MR) is 118 cm³/mol. The summed E-state index contributed by atoms with van der Waals surface area (Å²) in [5.41, 5.74) is 1.33. The smallest absolute Gasteiger partial charge is 0.354 e. The fourth-order valence-corrected chi connectivity index (χ4v) is 3.70. The van der Waals surface area contributed by atoms with Gasteiger partial charge in [0.25, 0.3) is 5.91 Å². The molecule has 3 heterocycles. The van der Waals surface area contributed by atoms with Crippen molar-refractivity contribution in [1.82, 2.24) is 29.4 Å². The summed E-state index contributed by atoms with van der Waals surface area (Å²) in [4.78, 5) is 24.4. The van der Waals surface area contributed by atoms with Gasteiger partial charge in [0.05, 0.1) is 0 Å². The van der Waals surface area contributed by atoms with Crippen molar-refractivity contribution in [3.05, 3.63) is 65.0 Å². The highest BCUT2D eigenvalue weighted by Crippen LogP contribution is 2.32. The van der Waals surface area contributed by atoms with Crippen LogP contribution in [-0.2, 0) is 12.7 Å². The normalized spacial score (nSPS) is 12.0. The average Bonchev–Trinajstić information content (AvgIpc) is 3.36. The zero-order valence-corrected chi connectivity index (χ0v) is 18.7. The number of nitrogens with one attached hydrogen (secondary N) is 1. The third-order valence-corrected chi connectivity index (χ3v) is 5.38. The minimum absolute atomic E-state index is 0.0571. The Morgan fingerprint density at radius 2 is 1.88 bits per heavy atom. The first-order chi connectivity index (χ1) is 15.6. The van der Waals surface area contributed by atoms with Gasteiger partial charge >= 0.3 is 6.18 Å². The first kappa shape index (κ1) is 22.8. The Bertz CT molecular complexity index is 1320. The Labute approximate surface area is 192 Å². The van der Waals surface area contributed by atoms with Crippen molar-refractivity contribution in [2.45, 2.75) is 32.6 Å². The van der Waals surface area contributed by atoms with E-state index in [0.29, 0.717) is 28.8 Å². The lowest BCUT2D eigenvalue weighted by atomic mass is 10.1. The molecule has 0 saturated heterocycles. The highest BCUT2D eigenvalue weighted by Gasteiger charge is 2.35. The maximum Gasteiger partial charge on any atom is 0.434 e. The molecule has 33 heavy (non-hydrogen) atoms. The van der Waals surface area contributed by atoms with Crippen molar-refractivity contribution < 1.29 is 18.0 Å². The molecule has 0 fully saturated rings. The molecular formula is C22H20ClF3N6O. The molecular weight excluding hydrogens is 457 g/mol. The number of alkyl halides is 3. The van der Waals surface area contributed by atoms with Crippen LogP contribution in [0.1, 0.15) is 41.6 Å². The Balaban J connectivity index is 1.71. The Hall–Kier alpha value is -3.40. The second-order valence-corrected chi connectivity index (χ2v) is 8.10. The third kappa shape index (κ3) is 4.43. The molecule has 11 heteroatoms. The van der Waals surface area contributed by atoms with Crippen LogP contribution in [-0.4, -0.2) is 37.0 Å². The van der Waals surface area contributed by atoms with Crippen LogP contribution in [0.3, 0.4) is 0 Å². The fraction of sp³-hybridized carbons (Fsp3) is 0.273. The van der Waals surface area contributed by atoms with Gasteiger partial charge in [-0.3, -0.25) is 4.79 Å². The first-order valence-corrected chi connectivity index (χ1v) is 10.5. The van der Waals surface area contributed by atoms with E-state index in [0.717, 1.165) is 11.8 Å². The summed E-state index contributed by atoms with van der Waals surface area (Å²) >= 11 is 5.95. The summed E-state index contributed by atoms with van der Waals surface area (Å²) in [5, 5.41) is 3.32. The molecule has 0 atom stereocenters. The number of hydrogen-bond donors (Lipinski definition) is 1. The summed E-state index contributed by atoms with van der Waals surface area (Å²) in [6.07, 6.45) is -1.96. The van der Waals surface area contributed by atoms with E-state index in [9.17, 15) is 18.0 Å². The molecule has 4 rings (SSSR count). The Morgan fingerprint density at radius 1 is 1.18 bits per heavy atom. The van der Waals surface area contributed by atoms with Crippen molar-refractivity contribution in [1.29, 1.82) is 0 Å². The summed E-state index contributed by atoms with van der Waals surface area (Å²) in [5.74, 6) is -0.0553. The van der Waals surface area contributed by atoms with Gasteiger partial charge in [-0.15, -0.1) is 0 Å². The van der Waals surface area contributed by atoms with Crippen LogP contribution >= 0.6 is 11.6 Å². The lowest BCUT2D eigenvalue weighted by molar-refractivity contribution is -0.140. The molecule has 172 valence electrons. The van der Waals surface area contributed by atoms with Gasteiger partial charge in [0, 0.05) is 43.0 Å². The quantitative estimate of drug-likeness (QED) is 0.413. The molecule has 0 radical (unpaired) electrons. The molecule has 0 saturated carbocycles. The van der Waals surface area contributed by atoms with E-state index in [4.69, 9.17) is 11.6 Å². The van der Waals surface area contributed by atoms with Crippen molar-refractivity contribution in [2.75, 3.05) is 7.05 Å². The molecule has 0 aliphatic heterocycles. The highest BCUT2D eigenvalue weighted by atomic mass is 35.5. The van der Waals surface area contributed by atoms with Gasteiger partial charge in [-0.05, 0) is 37.1 Å². The zero-order valence-electron chi connectivity index (χ0n) is 18.0. The Kier molecular flexibility index (Phi) is 5.87. The standard InChI is InChI=1S/C22H20ClF3N6O/c1-12(2)31-11-17(22(24,25)26)29-18(31)14-6-4-13(5-7-14)10-32-16(20(33)27-3)8-15-9-28-21(23)30-19(15)32/h4-9,11-12H,10H2,1-3H3,(H,27,33). The summed E-state index contributed by atoms with van der Waals surface area (Å²) < 4.78 is 42.8. The topological polar surface area (TPSA) is 77.6 Å². The van der Waals surface area contributed by atoms with E-state index in [1.807, 2.05) is 0 Å². The van der Waals surface area contributed by atoms with Crippen molar-refractivity contribution in [3.8, 4) is 11.4 Å². The van der Waals surface area contributed by atoms with Gasteiger partial charge in [-0.1, -0.05) is 24.3 Å². The maximum absolute atomic E-state index is 13.2. The molecule has 7 nitrogen and oxygen atoms in total. The van der Waals surface area contributed by atoms with Crippen LogP contribution < -0.4 is 5.32 Å². The molecule has 0 bridgehead atoms. The van der Waals surface area contributed by atoms with Gasteiger partial charge in [-0.2, -0.15) is 18.2 Å². The second kappa shape index (κ2) is 8.51. The van der Waals surface area contributed by atoms with Crippen LogP contribution in [0, 0.1) is 0 Å². The van der Waals surface area contributed by atoms with Crippen molar-refractivity contribution in [2.24, 2.45) is 0 Å². The number of carbonyl (C=O) groups is 1. The fourth-order valence-electron chi connectivity index (χ4n) is 3.57. The largest absolute Gasteiger partial charge is 0.434 e. The van der Waals surface area contributed by atoms with Crippen LogP contribution in [0.2, 0.25) is 5.28 Å². The highest BCUT2D eigenvalue weighted by molar-refractivity contribution is 6.28. The molecule has 1 N–H and O–H groups in total. The second-order valence-electron chi connectivity index (χ2n) is 7.76. The molecule has 4 aromatic rings. The van der Waals surface area contributed by atoms with Crippen LogP contribution in [0.5, 0.6) is 0 Å². The number of nitrogens with zero attached hydrogens (tertiary/aromatic N) is 5. The van der Waals surface area contributed by atoms with Crippen LogP contribution in [0.25, 0.3) is 22.4 Å². The van der Waals surface area contributed by atoms with Gasteiger partial charge in [0.15, 0.2) is 5.69 Å². The summed E-state index contributed by atoms with van der Waals surface area (Å²) in [6.45, 7) is 3.89. The van der Waals surface area contributed by atoms with Gasteiger partial charge in [-0.25, -0.2) is 9.97 Å². The molecule has 1 aromatic carbocycles. The van der Waals surface area contributed by atoms with E-state index < -0.39 is 11.9 Å². The van der Waals surface area contributed by atoms with Gasteiger partial charge in [0.2, 0.25) is 5.28 Å². The monoisotopic (exact) mass is 476 g/mol. The SMILES string of the molecule is CNC(=O)c1cc2cnc(Cl)nc2n1Cc1ccc(-c2nc(C(F)(F)F)cn2C(C)C)cc1. The van der Waals surface area contributed by atoms with Crippen molar-refractivity contribution >= 4 is 28.5 Å². The van der Waals surface area contributed by atoms with E-state index in [1.165, 1.54) is 11.6 Å². The number of halogens is 4. The number of imidazole rings is 1. The Morgan fingerprint density at radius 3 is 2.48 bits per heavy atom. The average molecular weight is 477 g/mol. The molecule has 0 unspecified atom stereocenters. The molecule has 0 spiro atoms. The van der Waals surface area contributed by atoms with Gasteiger partial charge < -0.3 is 14.5 Å². The summed E-state index contributed by atoms with van der Waals surface area (Å²) in [7, 11) is 1.53. The number of benzene rings is 1. The third-order valence-electron chi connectivity index (χ3n) is 5.20. The van der Waals surface area contributed by atoms with E-state index in [-0.39, 0.29) is 23.1 Å². The number of fused-ring (bicyclic) bond motifs is 1. The van der Waals surface area contributed by atoms with Gasteiger partial charge in [0.1, 0.15) is 17.2 Å². The maximum atomic E-state index is 13.2. The number of amides is 1. The lowest BCUT2D eigenvalue weighted by Crippen LogP contribution is -2.22. The van der Waals surface area contributed by atoms with E-state index in [1.54, 1.807) is 54.9 Å². The number of aromatic nitrogens is 5. The molecule has 3 aromatic heterocycles. The minimum atomic E-state index is -4.52. The minimum Gasteiger partial charge on any atom is -0.354 e. The first-order valence-electron chi connectivity index (χ1n) is 10.1. The molecule has 0 aliphatic rings. The number of carbonyl (C=O) groups excluding carboxylic acids is 1. The lowest BCUT2D eigenvalue weighted by Gasteiger charge is -2.13. The predicted octanol–water partition coefficient (Wildman–Crippen LogP) is 4.96. The van der Waals surface area contributed by atoms with Crippen LogP contribution in [0.4, 0.5) is 13.2 Å². The summed E-state index contributed by atoms with van der Waals surface area (Å²) in [6, 6.07) is 8.47. The van der Waals surface area contributed by atoms with Crippen molar-refractivity contribution in [3.63, 3.8) is 0 Å². The number of hydrogen-bond acceptors (Lipinski definition) is 4. The molecule has 1 amide bonds. The van der Waals surface area contributed by atoms with E-state index in [2.05, 4.69) is 20.3 Å². The number of rotatable bonds is 5. The zero-order chi connectivity index (χ0) is 23.9. The molecule has 0 aliphatic carbocycles. The van der Waals surface area contributed by atoms with Crippen LogP contribution in [0.15, 0.2) is 42.7 Å². The van der Waals surface area contributed by atoms with E-state index >= 15 is 0 Å².